The van der Waals surface area contributed by atoms with Gasteiger partial charge in [-0.3, -0.25) is 4.79 Å². The molecular formula is C11H18O2. The van der Waals surface area contributed by atoms with Gasteiger partial charge >= 0.3 is 5.97 Å². The van der Waals surface area contributed by atoms with Crippen LogP contribution in [0.4, 0.5) is 0 Å². The summed E-state index contributed by atoms with van der Waals surface area (Å²) in [6, 6.07) is 0. The first kappa shape index (κ1) is 12.0. The third-order valence-corrected chi connectivity index (χ3v) is 1.90. The number of esters is 1. The van der Waals surface area contributed by atoms with E-state index in [0.717, 1.165) is 12.8 Å². The number of rotatable bonds is 5. The van der Waals surface area contributed by atoms with E-state index >= 15 is 0 Å². The summed E-state index contributed by atoms with van der Waals surface area (Å²) in [6.45, 7) is 5.68. The van der Waals surface area contributed by atoms with Crippen LogP contribution in [0.2, 0.25) is 0 Å². The van der Waals surface area contributed by atoms with E-state index in [4.69, 9.17) is 0 Å². The largest absolute Gasteiger partial charge is 0.372 e. The maximum Gasteiger partial charge on any atom is 0.322 e. The normalized spacial score (nSPS) is 11.3. The van der Waals surface area contributed by atoms with Gasteiger partial charge in [0, 0.05) is 6.92 Å². The average Bonchev–Trinajstić information content (AvgIpc) is 2.14. The Labute approximate surface area is 80.7 Å². The molecule has 0 fully saturated rings. The molecule has 0 aromatic carbocycles. The Kier molecular flexibility index (Phi) is 7.10. The molecule has 1 atom stereocenters. The molecule has 74 valence electrons. The van der Waals surface area contributed by atoms with E-state index in [1.54, 1.807) is 6.92 Å². The highest BCUT2D eigenvalue weighted by atomic mass is 16.5. The Balaban J connectivity index is 3.60. The molecule has 0 radical (unpaired) electrons. The van der Waals surface area contributed by atoms with Crippen molar-refractivity contribution in [2.75, 3.05) is 0 Å². The molecule has 0 aromatic rings. The maximum atomic E-state index is 11.2. The van der Waals surface area contributed by atoms with E-state index in [0.29, 0.717) is 0 Å². The minimum absolute atomic E-state index is 0.0209. The highest BCUT2D eigenvalue weighted by molar-refractivity contribution is 5.72. The van der Waals surface area contributed by atoms with Gasteiger partial charge in [0.15, 0.2) is 0 Å². The standard InChI is InChI=1S/C11H18O2/c1-4-6-7-8-10(3)11(12)13-9-5-2/h10H,4,6-8H2,1-3H3. The van der Waals surface area contributed by atoms with Gasteiger partial charge in [0.05, 0.1) is 5.92 Å². The van der Waals surface area contributed by atoms with Gasteiger partial charge in [-0.2, -0.15) is 0 Å². The van der Waals surface area contributed by atoms with Crippen molar-refractivity contribution >= 4 is 5.97 Å². The summed E-state index contributed by atoms with van der Waals surface area (Å²) in [6.07, 6.45) is 6.67. The van der Waals surface area contributed by atoms with Gasteiger partial charge < -0.3 is 4.74 Å². The average molecular weight is 182 g/mol. The molecule has 0 saturated heterocycles. The van der Waals surface area contributed by atoms with Crippen LogP contribution in [-0.2, 0) is 9.53 Å². The Morgan fingerprint density at radius 3 is 2.69 bits per heavy atom. The van der Waals surface area contributed by atoms with Gasteiger partial charge in [-0.25, -0.2) is 0 Å². The van der Waals surface area contributed by atoms with E-state index in [1.807, 2.05) is 6.92 Å². The lowest BCUT2D eigenvalue weighted by atomic mass is 10.0. The zero-order valence-electron chi connectivity index (χ0n) is 8.72. The van der Waals surface area contributed by atoms with Crippen LogP contribution < -0.4 is 0 Å². The van der Waals surface area contributed by atoms with Crippen molar-refractivity contribution in [2.24, 2.45) is 5.92 Å². The van der Waals surface area contributed by atoms with Crippen LogP contribution in [0.5, 0.6) is 0 Å². The molecule has 2 heteroatoms. The van der Waals surface area contributed by atoms with E-state index in [2.05, 4.69) is 23.7 Å². The maximum absolute atomic E-state index is 11.2. The highest BCUT2D eigenvalue weighted by Gasteiger charge is 2.12. The second kappa shape index (κ2) is 7.67. The molecule has 0 aromatic heterocycles. The van der Waals surface area contributed by atoms with Crippen molar-refractivity contribution in [3.8, 4) is 12.0 Å². The predicted octanol–water partition coefficient (Wildman–Crippen LogP) is 2.73. The summed E-state index contributed by atoms with van der Waals surface area (Å²) in [5.41, 5.74) is 0. The lowest BCUT2D eigenvalue weighted by molar-refractivity contribution is -0.141. The summed E-state index contributed by atoms with van der Waals surface area (Å²) >= 11 is 0. The lowest BCUT2D eigenvalue weighted by Crippen LogP contribution is -2.12. The molecule has 0 bridgehead atoms. The zero-order chi connectivity index (χ0) is 10.1. The van der Waals surface area contributed by atoms with Gasteiger partial charge in [-0.15, -0.1) is 0 Å². The molecule has 0 saturated carbocycles. The van der Waals surface area contributed by atoms with Crippen LogP contribution in [0.3, 0.4) is 0 Å². The minimum Gasteiger partial charge on any atom is -0.372 e. The molecular weight excluding hydrogens is 164 g/mol. The smallest absolute Gasteiger partial charge is 0.322 e. The third kappa shape index (κ3) is 6.21. The summed E-state index contributed by atoms with van der Waals surface area (Å²) in [7, 11) is 0. The second-order valence-electron chi connectivity index (χ2n) is 3.17. The fourth-order valence-corrected chi connectivity index (χ4v) is 1.02. The molecule has 13 heavy (non-hydrogen) atoms. The second-order valence-corrected chi connectivity index (χ2v) is 3.17. The molecule has 1 unspecified atom stereocenters. The summed E-state index contributed by atoms with van der Waals surface area (Å²) in [4.78, 5) is 11.2. The SMILES string of the molecule is CC#COC(=O)C(C)CCCCC. The predicted molar refractivity (Wildman–Crippen MR) is 52.8 cm³/mol. The number of unbranched alkanes of at least 4 members (excludes halogenated alkanes) is 2. The number of carbonyl (C=O) groups excluding carboxylic acids is 1. The van der Waals surface area contributed by atoms with Crippen molar-refractivity contribution < 1.29 is 9.53 Å². The number of hydrogen-bond acceptors (Lipinski definition) is 2. The van der Waals surface area contributed by atoms with E-state index in [1.165, 1.54) is 12.8 Å². The van der Waals surface area contributed by atoms with Gasteiger partial charge in [-0.05, 0) is 6.42 Å². The van der Waals surface area contributed by atoms with Crippen LogP contribution in [0.25, 0.3) is 0 Å². The van der Waals surface area contributed by atoms with Gasteiger partial charge in [0.25, 0.3) is 0 Å². The topological polar surface area (TPSA) is 26.3 Å². The quantitative estimate of drug-likeness (QED) is 0.371. The van der Waals surface area contributed by atoms with Crippen molar-refractivity contribution in [1.29, 1.82) is 0 Å². The first-order chi connectivity index (χ1) is 6.22. The lowest BCUT2D eigenvalue weighted by Gasteiger charge is -2.06. The van der Waals surface area contributed by atoms with Crippen molar-refractivity contribution in [2.45, 2.75) is 46.5 Å². The van der Waals surface area contributed by atoms with E-state index in [-0.39, 0.29) is 11.9 Å². The molecule has 0 spiro atoms. The van der Waals surface area contributed by atoms with Crippen LogP contribution in [-0.4, -0.2) is 5.97 Å². The number of ether oxygens (including phenoxy) is 1. The Bertz CT molecular complexity index is 198. The molecule has 0 aliphatic heterocycles. The van der Waals surface area contributed by atoms with Crippen LogP contribution in [0, 0.1) is 17.9 Å². The minimum atomic E-state index is -0.203. The first-order valence-electron chi connectivity index (χ1n) is 4.84. The Hall–Kier alpha value is -0.970. The Morgan fingerprint density at radius 2 is 2.15 bits per heavy atom. The van der Waals surface area contributed by atoms with Crippen LogP contribution in [0.1, 0.15) is 46.5 Å². The van der Waals surface area contributed by atoms with Crippen molar-refractivity contribution in [3.05, 3.63) is 0 Å². The number of carbonyl (C=O) groups is 1. The highest BCUT2D eigenvalue weighted by Crippen LogP contribution is 2.10. The number of hydrogen-bond donors (Lipinski definition) is 0. The molecule has 0 rings (SSSR count). The summed E-state index contributed by atoms with van der Waals surface area (Å²) < 4.78 is 4.68. The molecule has 2 nitrogen and oxygen atoms in total. The fraction of sp³-hybridized carbons (Fsp3) is 0.727. The van der Waals surface area contributed by atoms with Gasteiger partial charge in [0.1, 0.15) is 6.11 Å². The van der Waals surface area contributed by atoms with Gasteiger partial charge in [0.2, 0.25) is 0 Å². The molecule has 0 aliphatic rings. The third-order valence-electron chi connectivity index (χ3n) is 1.90. The van der Waals surface area contributed by atoms with E-state index < -0.39 is 0 Å². The monoisotopic (exact) mass is 182 g/mol. The zero-order valence-corrected chi connectivity index (χ0v) is 8.72. The molecule has 0 N–H and O–H groups in total. The van der Waals surface area contributed by atoms with Crippen LogP contribution >= 0.6 is 0 Å². The Morgan fingerprint density at radius 1 is 1.46 bits per heavy atom. The molecule has 0 amide bonds. The summed E-state index contributed by atoms with van der Waals surface area (Å²) in [5.74, 6) is 2.30. The fourth-order valence-electron chi connectivity index (χ4n) is 1.02. The van der Waals surface area contributed by atoms with E-state index in [9.17, 15) is 4.79 Å². The first-order valence-corrected chi connectivity index (χ1v) is 4.84. The van der Waals surface area contributed by atoms with Crippen molar-refractivity contribution in [1.82, 2.24) is 0 Å². The van der Waals surface area contributed by atoms with Crippen molar-refractivity contribution in [3.63, 3.8) is 0 Å². The molecule has 0 heterocycles. The molecule has 0 aliphatic carbocycles. The van der Waals surface area contributed by atoms with Gasteiger partial charge in [-0.1, -0.05) is 39.0 Å². The van der Waals surface area contributed by atoms with Crippen LogP contribution in [0.15, 0.2) is 0 Å². The summed E-state index contributed by atoms with van der Waals surface area (Å²) in [5, 5.41) is 0.